The summed E-state index contributed by atoms with van der Waals surface area (Å²) in [6.07, 6.45) is 5.65. The van der Waals surface area contributed by atoms with Crippen LogP contribution in [0.5, 0.6) is 5.75 Å². The lowest BCUT2D eigenvalue weighted by atomic mass is 9.95. The highest BCUT2D eigenvalue weighted by Crippen LogP contribution is 2.27. The van der Waals surface area contributed by atoms with Crippen LogP contribution in [0.25, 0.3) is 0 Å². The van der Waals surface area contributed by atoms with Gasteiger partial charge in [0.25, 0.3) is 0 Å². The van der Waals surface area contributed by atoms with E-state index in [-0.39, 0.29) is 30.4 Å². The number of methoxy groups -OCH3 is 1. The maximum atomic E-state index is 12.4. The highest BCUT2D eigenvalue weighted by atomic mass is 35.5. The summed E-state index contributed by atoms with van der Waals surface area (Å²) in [5.74, 6) is 0.270. The van der Waals surface area contributed by atoms with Crippen LogP contribution in [0.1, 0.15) is 39.0 Å². The Morgan fingerprint density at radius 2 is 2.00 bits per heavy atom. The molecule has 1 aliphatic rings. The number of nitrogens with one attached hydrogen (secondary N) is 2. The van der Waals surface area contributed by atoms with Crippen LogP contribution in [0.2, 0.25) is 5.02 Å². The number of ether oxygens (including phenoxy) is 1. The number of carbonyl (C=O) groups is 2. The Hall–Kier alpha value is -1.79. The smallest absolute Gasteiger partial charge is 0.238 e. The van der Waals surface area contributed by atoms with E-state index < -0.39 is 0 Å². The van der Waals surface area contributed by atoms with Crippen LogP contribution in [0, 0.1) is 0 Å². The number of hydrogen-bond acceptors (Lipinski definition) is 4. The highest BCUT2D eigenvalue weighted by molar-refractivity contribution is 6.31. The fourth-order valence-corrected chi connectivity index (χ4v) is 3.27. The van der Waals surface area contributed by atoms with Crippen molar-refractivity contribution in [3.05, 3.63) is 23.2 Å². The van der Waals surface area contributed by atoms with Gasteiger partial charge in [-0.1, -0.05) is 30.9 Å². The Labute approximate surface area is 160 Å². The molecule has 0 heterocycles. The maximum Gasteiger partial charge on any atom is 0.238 e. The number of amides is 2. The Morgan fingerprint density at radius 1 is 1.31 bits per heavy atom. The minimum atomic E-state index is -0.385. The molecule has 7 heteroatoms. The Bertz CT molecular complexity index is 632. The first kappa shape index (κ1) is 20.5. The molecular formula is C19H28ClN3O3. The first-order chi connectivity index (χ1) is 12.4. The molecule has 2 rings (SSSR count). The quantitative estimate of drug-likeness (QED) is 0.761. The van der Waals surface area contributed by atoms with Gasteiger partial charge in [-0.05, 0) is 45.0 Å². The molecule has 1 fully saturated rings. The topological polar surface area (TPSA) is 70.7 Å². The van der Waals surface area contributed by atoms with E-state index >= 15 is 0 Å². The van der Waals surface area contributed by atoms with Crippen molar-refractivity contribution in [1.82, 2.24) is 10.2 Å². The molecule has 1 aromatic rings. The zero-order valence-corrected chi connectivity index (χ0v) is 16.4. The van der Waals surface area contributed by atoms with Crippen molar-refractivity contribution >= 4 is 29.1 Å². The largest absolute Gasteiger partial charge is 0.495 e. The van der Waals surface area contributed by atoms with Crippen molar-refractivity contribution in [2.75, 3.05) is 26.0 Å². The summed E-state index contributed by atoms with van der Waals surface area (Å²) in [6.45, 7) is 1.90. The predicted molar refractivity (Wildman–Crippen MR) is 104 cm³/mol. The molecule has 144 valence electrons. The van der Waals surface area contributed by atoms with Gasteiger partial charge in [0, 0.05) is 11.1 Å². The van der Waals surface area contributed by atoms with Gasteiger partial charge in [-0.3, -0.25) is 14.5 Å². The van der Waals surface area contributed by atoms with Crippen molar-refractivity contribution < 1.29 is 14.3 Å². The van der Waals surface area contributed by atoms with Gasteiger partial charge in [0.05, 0.1) is 25.4 Å². The van der Waals surface area contributed by atoms with Crippen LogP contribution >= 0.6 is 11.6 Å². The number of nitrogens with zero attached hydrogens (tertiary/aromatic N) is 1. The summed E-state index contributed by atoms with van der Waals surface area (Å²) in [4.78, 5) is 26.5. The molecule has 0 aliphatic heterocycles. The second-order valence-electron chi connectivity index (χ2n) is 6.83. The molecule has 2 amide bonds. The Morgan fingerprint density at radius 3 is 2.65 bits per heavy atom. The van der Waals surface area contributed by atoms with E-state index in [2.05, 4.69) is 10.6 Å². The lowest BCUT2D eigenvalue weighted by molar-refractivity contribution is -0.127. The van der Waals surface area contributed by atoms with Gasteiger partial charge in [-0.2, -0.15) is 0 Å². The molecular weight excluding hydrogens is 354 g/mol. The highest BCUT2D eigenvalue weighted by Gasteiger charge is 2.23. The summed E-state index contributed by atoms with van der Waals surface area (Å²) >= 11 is 5.98. The monoisotopic (exact) mass is 381 g/mol. The van der Waals surface area contributed by atoms with E-state index in [0.717, 1.165) is 12.8 Å². The van der Waals surface area contributed by atoms with Crippen molar-refractivity contribution in [2.45, 2.75) is 51.1 Å². The van der Waals surface area contributed by atoms with Gasteiger partial charge in [-0.25, -0.2) is 0 Å². The molecule has 1 saturated carbocycles. The van der Waals surface area contributed by atoms with Crippen LogP contribution in [-0.4, -0.2) is 49.5 Å². The summed E-state index contributed by atoms with van der Waals surface area (Å²) in [5.41, 5.74) is 0.512. The van der Waals surface area contributed by atoms with Crippen LogP contribution < -0.4 is 15.4 Å². The number of hydrogen-bond donors (Lipinski definition) is 2. The summed E-state index contributed by atoms with van der Waals surface area (Å²) in [5, 5.41) is 6.39. The second kappa shape index (κ2) is 9.78. The van der Waals surface area contributed by atoms with Gasteiger partial charge >= 0.3 is 0 Å². The minimum Gasteiger partial charge on any atom is -0.495 e. The van der Waals surface area contributed by atoms with Crippen molar-refractivity contribution in [1.29, 1.82) is 0 Å². The molecule has 0 radical (unpaired) electrons. The minimum absolute atomic E-state index is 0.0347. The third-order valence-corrected chi connectivity index (χ3v) is 5.06. The average Bonchev–Trinajstić information content (AvgIpc) is 2.62. The van der Waals surface area contributed by atoms with Gasteiger partial charge in [0.2, 0.25) is 11.8 Å². The van der Waals surface area contributed by atoms with E-state index in [0.29, 0.717) is 16.5 Å². The van der Waals surface area contributed by atoms with Crippen molar-refractivity contribution in [3.8, 4) is 5.75 Å². The first-order valence-corrected chi connectivity index (χ1v) is 9.42. The molecule has 0 spiro atoms. The lowest BCUT2D eigenvalue weighted by Gasteiger charge is -2.28. The van der Waals surface area contributed by atoms with Gasteiger partial charge in [0.1, 0.15) is 5.75 Å². The van der Waals surface area contributed by atoms with Crippen molar-refractivity contribution in [2.24, 2.45) is 0 Å². The molecule has 0 saturated heterocycles. The third kappa shape index (κ3) is 5.88. The summed E-state index contributed by atoms with van der Waals surface area (Å²) < 4.78 is 5.23. The summed E-state index contributed by atoms with van der Waals surface area (Å²) in [6, 6.07) is 4.90. The number of rotatable bonds is 7. The summed E-state index contributed by atoms with van der Waals surface area (Å²) in [7, 11) is 3.29. The molecule has 1 aliphatic carbocycles. The molecule has 0 unspecified atom stereocenters. The predicted octanol–water partition coefficient (Wildman–Crippen LogP) is 3.06. The molecule has 1 atom stereocenters. The van der Waals surface area contributed by atoms with Gasteiger partial charge < -0.3 is 15.4 Å². The molecule has 0 bridgehead atoms. The van der Waals surface area contributed by atoms with Crippen LogP contribution in [0.3, 0.4) is 0 Å². The number of likely N-dealkylation sites (N-methyl/N-ethyl adjacent to an activating group) is 1. The molecule has 6 nitrogen and oxygen atoms in total. The van der Waals surface area contributed by atoms with E-state index in [9.17, 15) is 9.59 Å². The van der Waals surface area contributed by atoms with E-state index in [1.54, 1.807) is 30.1 Å². The van der Waals surface area contributed by atoms with Crippen LogP contribution in [0.4, 0.5) is 5.69 Å². The Balaban J connectivity index is 1.87. The standard InChI is InChI=1S/C19H28ClN3O3/c1-13(19(25)21-15-7-5-4-6-8-15)23(2)12-18(24)22-16-11-14(20)9-10-17(16)26-3/h9-11,13,15H,4-8,12H2,1-3H3,(H,21,25)(H,22,24)/t13-/m1/s1. The van der Waals surface area contributed by atoms with Gasteiger partial charge in [0.15, 0.2) is 0 Å². The number of halogens is 1. The van der Waals surface area contributed by atoms with E-state index in [1.807, 2.05) is 6.92 Å². The number of benzene rings is 1. The SMILES string of the molecule is COc1ccc(Cl)cc1NC(=O)CN(C)[C@H](C)C(=O)NC1CCCCC1. The first-order valence-electron chi connectivity index (χ1n) is 9.04. The zero-order chi connectivity index (χ0) is 19.1. The fourth-order valence-electron chi connectivity index (χ4n) is 3.10. The zero-order valence-electron chi connectivity index (χ0n) is 15.7. The molecule has 1 aromatic carbocycles. The molecule has 26 heavy (non-hydrogen) atoms. The van der Waals surface area contributed by atoms with E-state index in [1.165, 1.54) is 26.4 Å². The molecule has 0 aromatic heterocycles. The normalized spacial score (nSPS) is 16.2. The van der Waals surface area contributed by atoms with Crippen LogP contribution in [0.15, 0.2) is 18.2 Å². The van der Waals surface area contributed by atoms with Crippen molar-refractivity contribution in [3.63, 3.8) is 0 Å². The molecule has 2 N–H and O–H groups in total. The number of carbonyl (C=O) groups excluding carboxylic acids is 2. The average molecular weight is 382 g/mol. The lowest BCUT2D eigenvalue weighted by Crippen LogP contribution is -2.49. The van der Waals surface area contributed by atoms with Crippen LogP contribution in [-0.2, 0) is 9.59 Å². The number of anilines is 1. The fraction of sp³-hybridized carbons (Fsp3) is 0.579. The van der Waals surface area contributed by atoms with E-state index in [4.69, 9.17) is 16.3 Å². The Kier molecular flexibility index (Phi) is 7.72. The maximum absolute atomic E-state index is 12.4. The second-order valence-corrected chi connectivity index (χ2v) is 7.26. The third-order valence-electron chi connectivity index (χ3n) is 4.82. The van der Waals surface area contributed by atoms with Gasteiger partial charge in [-0.15, -0.1) is 0 Å².